The number of pyridine rings is 1. The van der Waals surface area contributed by atoms with Crippen molar-refractivity contribution in [2.75, 3.05) is 38.0 Å². The molecule has 8 nitrogen and oxygen atoms in total. The van der Waals surface area contributed by atoms with Crippen LogP contribution in [-0.2, 0) is 11.3 Å². The highest BCUT2D eigenvalue weighted by atomic mass is 16.6. The second-order valence-corrected chi connectivity index (χ2v) is 6.26. The number of nitro groups is 1. The van der Waals surface area contributed by atoms with Gasteiger partial charge in [-0.1, -0.05) is 6.07 Å². The van der Waals surface area contributed by atoms with Gasteiger partial charge >= 0.3 is 0 Å². The molecule has 0 saturated carbocycles. The fraction of sp³-hybridized carbons (Fsp3) is 0.333. The minimum atomic E-state index is -0.475. The molecule has 0 radical (unpaired) electrons. The number of aromatic nitrogens is 1. The molecular formula is C18H21N5O3. The van der Waals surface area contributed by atoms with Crippen LogP contribution in [-0.4, -0.2) is 58.3 Å². The Morgan fingerprint density at radius 2 is 1.81 bits per heavy atom. The first-order valence-electron chi connectivity index (χ1n) is 8.48. The van der Waals surface area contributed by atoms with Crippen LogP contribution in [0.5, 0.6) is 0 Å². The van der Waals surface area contributed by atoms with Crippen LogP contribution in [0, 0.1) is 10.1 Å². The number of anilines is 1. The van der Waals surface area contributed by atoms with Crippen molar-refractivity contribution >= 4 is 17.3 Å². The van der Waals surface area contributed by atoms with Gasteiger partial charge in [0.1, 0.15) is 0 Å². The van der Waals surface area contributed by atoms with E-state index < -0.39 is 4.92 Å². The molecule has 0 spiro atoms. The van der Waals surface area contributed by atoms with E-state index in [4.69, 9.17) is 0 Å². The lowest BCUT2D eigenvalue weighted by Gasteiger charge is -2.34. The molecule has 1 aromatic carbocycles. The first kappa shape index (κ1) is 18.0. The third-order valence-electron chi connectivity index (χ3n) is 4.33. The molecule has 8 heteroatoms. The molecule has 0 unspecified atom stereocenters. The Morgan fingerprint density at radius 3 is 2.50 bits per heavy atom. The second kappa shape index (κ2) is 8.50. The largest absolute Gasteiger partial charge is 0.325 e. The second-order valence-electron chi connectivity index (χ2n) is 6.26. The van der Waals surface area contributed by atoms with Crippen molar-refractivity contribution in [2.24, 2.45) is 0 Å². The molecule has 1 N–H and O–H groups in total. The molecule has 0 atom stereocenters. The molecule has 1 amide bonds. The standard InChI is InChI=1S/C18H21N5O3/c24-18(20-16-2-1-3-17(12-16)23(25)26)14-22-10-8-21(9-11-22)13-15-4-6-19-7-5-15/h1-7,12H,8-11,13-14H2,(H,20,24). The molecular weight excluding hydrogens is 334 g/mol. The topological polar surface area (TPSA) is 91.6 Å². The molecule has 0 aliphatic carbocycles. The van der Waals surface area contributed by atoms with Gasteiger partial charge in [-0.3, -0.25) is 29.7 Å². The summed E-state index contributed by atoms with van der Waals surface area (Å²) in [6.45, 7) is 4.59. The maximum atomic E-state index is 12.2. The SMILES string of the molecule is O=C(CN1CCN(Cc2ccncc2)CC1)Nc1cccc([N+](=O)[O-])c1. The molecule has 0 bridgehead atoms. The van der Waals surface area contributed by atoms with Gasteiger partial charge in [-0.2, -0.15) is 0 Å². The Balaban J connectivity index is 1.45. The van der Waals surface area contributed by atoms with E-state index in [0.29, 0.717) is 5.69 Å². The first-order valence-corrected chi connectivity index (χ1v) is 8.48. The molecule has 1 aliphatic heterocycles. The number of carbonyl (C=O) groups excluding carboxylic acids is 1. The van der Waals surface area contributed by atoms with Gasteiger partial charge in [0, 0.05) is 62.9 Å². The number of carbonyl (C=O) groups is 1. The average Bonchev–Trinajstić information content (AvgIpc) is 2.64. The molecule has 1 aromatic heterocycles. The molecule has 3 rings (SSSR count). The zero-order valence-electron chi connectivity index (χ0n) is 14.4. The fourth-order valence-electron chi connectivity index (χ4n) is 2.95. The Labute approximate surface area is 151 Å². The van der Waals surface area contributed by atoms with E-state index in [9.17, 15) is 14.9 Å². The smallest absolute Gasteiger partial charge is 0.271 e. The lowest BCUT2D eigenvalue weighted by atomic mass is 10.2. The number of amides is 1. The van der Waals surface area contributed by atoms with Crippen LogP contribution in [0.2, 0.25) is 0 Å². The minimum absolute atomic E-state index is 0.0347. The van der Waals surface area contributed by atoms with Gasteiger partial charge in [0.05, 0.1) is 11.5 Å². The number of nitrogens with zero attached hydrogens (tertiary/aromatic N) is 4. The monoisotopic (exact) mass is 355 g/mol. The molecule has 1 saturated heterocycles. The number of benzene rings is 1. The third-order valence-corrected chi connectivity index (χ3v) is 4.33. The summed E-state index contributed by atoms with van der Waals surface area (Å²) in [5.41, 5.74) is 1.64. The molecule has 26 heavy (non-hydrogen) atoms. The van der Waals surface area contributed by atoms with E-state index in [1.165, 1.54) is 17.7 Å². The van der Waals surface area contributed by atoms with Crippen LogP contribution in [0.3, 0.4) is 0 Å². The van der Waals surface area contributed by atoms with Crippen LogP contribution < -0.4 is 5.32 Å². The van der Waals surface area contributed by atoms with E-state index in [2.05, 4.69) is 20.1 Å². The van der Waals surface area contributed by atoms with Crippen molar-refractivity contribution in [3.8, 4) is 0 Å². The highest BCUT2D eigenvalue weighted by Crippen LogP contribution is 2.17. The van der Waals surface area contributed by atoms with Crippen LogP contribution in [0.1, 0.15) is 5.56 Å². The quantitative estimate of drug-likeness (QED) is 0.627. The van der Waals surface area contributed by atoms with Crippen molar-refractivity contribution in [3.05, 3.63) is 64.5 Å². The van der Waals surface area contributed by atoms with Crippen molar-refractivity contribution in [3.63, 3.8) is 0 Å². The first-order chi connectivity index (χ1) is 12.6. The number of nitro benzene ring substituents is 1. The van der Waals surface area contributed by atoms with E-state index in [1.54, 1.807) is 24.5 Å². The lowest BCUT2D eigenvalue weighted by Crippen LogP contribution is -2.48. The van der Waals surface area contributed by atoms with Crippen LogP contribution in [0.15, 0.2) is 48.8 Å². The van der Waals surface area contributed by atoms with Crippen molar-refractivity contribution in [1.29, 1.82) is 0 Å². The van der Waals surface area contributed by atoms with Crippen molar-refractivity contribution < 1.29 is 9.72 Å². The minimum Gasteiger partial charge on any atom is -0.325 e. The Kier molecular flexibility index (Phi) is 5.88. The Bertz CT molecular complexity index is 760. The summed E-state index contributed by atoms with van der Waals surface area (Å²) in [4.78, 5) is 31.0. The summed E-state index contributed by atoms with van der Waals surface area (Å²) in [6.07, 6.45) is 3.59. The number of piperazine rings is 1. The lowest BCUT2D eigenvalue weighted by molar-refractivity contribution is -0.384. The van der Waals surface area contributed by atoms with E-state index in [-0.39, 0.29) is 18.1 Å². The summed E-state index contributed by atoms with van der Waals surface area (Å²) >= 11 is 0. The van der Waals surface area contributed by atoms with Crippen LogP contribution >= 0.6 is 0 Å². The van der Waals surface area contributed by atoms with Gasteiger partial charge in [-0.05, 0) is 23.8 Å². The number of nitrogens with one attached hydrogen (secondary N) is 1. The predicted molar refractivity (Wildman–Crippen MR) is 97.7 cm³/mol. The summed E-state index contributed by atoms with van der Waals surface area (Å²) in [7, 11) is 0. The van der Waals surface area contributed by atoms with Crippen LogP contribution in [0.25, 0.3) is 0 Å². The van der Waals surface area contributed by atoms with Crippen LogP contribution in [0.4, 0.5) is 11.4 Å². The molecule has 1 fully saturated rings. The normalized spacial score (nSPS) is 15.5. The highest BCUT2D eigenvalue weighted by molar-refractivity contribution is 5.92. The average molecular weight is 355 g/mol. The van der Waals surface area contributed by atoms with Gasteiger partial charge in [0.15, 0.2) is 0 Å². The van der Waals surface area contributed by atoms with Gasteiger partial charge in [-0.25, -0.2) is 0 Å². The summed E-state index contributed by atoms with van der Waals surface area (Å²) < 4.78 is 0. The Morgan fingerprint density at radius 1 is 1.12 bits per heavy atom. The summed E-state index contributed by atoms with van der Waals surface area (Å²) in [5.74, 6) is -0.159. The molecule has 136 valence electrons. The number of rotatable bonds is 6. The van der Waals surface area contributed by atoms with E-state index >= 15 is 0 Å². The Hall–Kier alpha value is -2.84. The zero-order valence-corrected chi connectivity index (χ0v) is 14.4. The molecule has 2 aromatic rings. The maximum absolute atomic E-state index is 12.2. The van der Waals surface area contributed by atoms with Gasteiger partial charge < -0.3 is 5.32 Å². The summed E-state index contributed by atoms with van der Waals surface area (Å²) in [6, 6.07) is 10.0. The number of hydrogen-bond acceptors (Lipinski definition) is 6. The van der Waals surface area contributed by atoms with Gasteiger partial charge in [0.25, 0.3) is 5.69 Å². The van der Waals surface area contributed by atoms with E-state index in [0.717, 1.165) is 32.7 Å². The van der Waals surface area contributed by atoms with Crippen molar-refractivity contribution in [1.82, 2.24) is 14.8 Å². The number of non-ortho nitro benzene ring substituents is 1. The predicted octanol–water partition coefficient (Wildman–Crippen LogP) is 1.75. The zero-order chi connectivity index (χ0) is 18.4. The third kappa shape index (κ3) is 5.08. The molecule has 1 aliphatic rings. The van der Waals surface area contributed by atoms with Gasteiger partial charge in [0.2, 0.25) is 5.91 Å². The number of hydrogen-bond donors (Lipinski definition) is 1. The summed E-state index contributed by atoms with van der Waals surface area (Å²) in [5, 5.41) is 13.5. The van der Waals surface area contributed by atoms with E-state index in [1.807, 2.05) is 12.1 Å². The fourth-order valence-corrected chi connectivity index (χ4v) is 2.95. The van der Waals surface area contributed by atoms with Gasteiger partial charge in [-0.15, -0.1) is 0 Å². The van der Waals surface area contributed by atoms with Crippen molar-refractivity contribution in [2.45, 2.75) is 6.54 Å². The highest BCUT2D eigenvalue weighted by Gasteiger charge is 2.19. The maximum Gasteiger partial charge on any atom is 0.271 e. The molecule has 2 heterocycles.